The molecule has 0 spiro atoms. The summed E-state index contributed by atoms with van der Waals surface area (Å²) in [6.45, 7) is 2.96. The van der Waals surface area contributed by atoms with Gasteiger partial charge in [-0.1, -0.05) is 12.1 Å². The van der Waals surface area contributed by atoms with Crippen LogP contribution in [0.1, 0.15) is 24.2 Å². The second kappa shape index (κ2) is 5.05. The first kappa shape index (κ1) is 12.2. The molecule has 3 heteroatoms. The second-order valence-corrected chi connectivity index (χ2v) is 6.05. The van der Waals surface area contributed by atoms with E-state index in [4.69, 9.17) is 4.42 Å². The van der Waals surface area contributed by atoms with Crippen molar-refractivity contribution in [2.75, 3.05) is 0 Å². The average Bonchev–Trinajstić information content (AvgIpc) is 3.08. The Hall–Kier alpha value is -0.810. The lowest BCUT2D eigenvalue weighted by molar-refractivity contribution is 0.492. The van der Waals surface area contributed by atoms with Crippen molar-refractivity contribution in [3.63, 3.8) is 0 Å². The standard InChI is InChI=1S/C15H16INO/c1-10-2-3-11(8-14(10)16)15-7-6-13(18-15)9-17-12-4-5-12/h2-3,6-8,12,17H,4-5,9H2,1H3. The Morgan fingerprint density at radius 3 is 2.83 bits per heavy atom. The number of hydrogen-bond donors (Lipinski definition) is 1. The third-order valence-electron chi connectivity index (χ3n) is 3.26. The van der Waals surface area contributed by atoms with Gasteiger partial charge in [0.05, 0.1) is 6.54 Å². The van der Waals surface area contributed by atoms with Crippen LogP contribution in [0.3, 0.4) is 0 Å². The maximum Gasteiger partial charge on any atom is 0.134 e. The quantitative estimate of drug-likeness (QED) is 0.837. The fourth-order valence-corrected chi connectivity index (χ4v) is 2.42. The molecule has 2 nitrogen and oxygen atoms in total. The van der Waals surface area contributed by atoms with Crippen molar-refractivity contribution < 1.29 is 4.42 Å². The molecule has 0 bridgehead atoms. The average molecular weight is 353 g/mol. The summed E-state index contributed by atoms with van der Waals surface area (Å²) in [6.07, 6.45) is 2.62. The molecule has 1 aromatic carbocycles. The van der Waals surface area contributed by atoms with Crippen LogP contribution < -0.4 is 5.32 Å². The fourth-order valence-electron chi connectivity index (χ4n) is 1.91. The monoisotopic (exact) mass is 353 g/mol. The Morgan fingerprint density at radius 2 is 2.11 bits per heavy atom. The number of benzene rings is 1. The predicted molar refractivity (Wildman–Crippen MR) is 81.5 cm³/mol. The Morgan fingerprint density at radius 1 is 1.28 bits per heavy atom. The Bertz CT molecular complexity index is 557. The second-order valence-electron chi connectivity index (χ2n) is 4.89. The van der Waals surface area contributed by atoms with E-state index in [0.717, 1.165) is 29.7 Å². The molecular formula is C15H16INO. The van der Waals surface area contributed by atoms with Crippen molar-refractivity contribution >= 4 is 22.6 Å². The Balaban J connectivity index is 1.76. The third-order valence-corrected chi connectivity index (χ3v) is 4.42. The summed E-state index contributed by atoms with van der Waals surface area (Å²) in [4.78, 5) is 0. The minimum atomic E-state index is 0.721. The molecule has 94 valence electrons. The number of nitrogens with one attached hydrogen (secondary N) is 1. The van der Waals surface area contributed by atoms with E-state index in [2.05, 4.69) is 65.2 Å². The van der Waals surface area contributed by atoms with Gasteiger partial charge < -0.3 is 9.73 Å². The largest absolute Gasteiger partial charge is 0.460 e. The summed E-state index contributed by atoms with van der Waals surface area (Å²) in [6, 6.07) is 11.3. The molecule has 0 radical (unpaired) electrons. The lowest BCUT2D eigenvalue weighted by atomic mass is 10.1. The van der Waals surface area contributed by atoms with Gasteiger partial charge in [0, 0.05) is 15.2 Å². The van der Waals surface area contributed by atoms with Crippen molar-refractivity contribution in [1.82, 2.24) is 5.32 Å². The molecular weight excluding hydrogens is 337 g/mol. The van der Waals surface area contributed by atoms with Gasteiger partial charge in [-0.15, -0.1) is 0 Å². The van der Waals surface area contributed by atoms with E-state index in [1.165, 1.54) is 22.0 Å². The number of halogens is 1. The molecule has 0 atom stereocenters. The van der Waals surface area contributed by atoms with Crippen LogP contribution in [-0.4, -0.2) is 6.04 Å². The minimum Gasteiger partial charge on any atom is -0.460 e. The van der Waals surface area contributed by atoms with Crippen molar-refractivity contribution in [3.05, 3.63) is 45.2 Å². The topological polar surface area (TPSA) is 25.2 Å². The lowest BCUT2D eigenvalue weighted by Gasteiger charge is -2.02. The highest BCUT2D eigenvalue weighted by Crippen LogP contribution is 2.26. The van der Waals surface area contributed by atoms with E-state index in [1.807, 2.05) is 0 Å². The summed E-state index contributed by atoms with van der Waals surface area (Å²) in [5.74, 6) is 1.98. The molecule has 1 aromatic heterocycles. The molecule has 3 rings (SSSR count). The fraction of sp³-hybridized carbons (Fsp3) is 0.333. The molecule has 0 amide bonds. The van der Waals surface area contributed by atoms with Gasteiger partial charge in [-0.05, 0) is 66.1 Å². The number of hydrogen-bond acceptors (Lipinski definition) is 2. The molecule has 1 fully saturated rings. The molecule has 1 aliphatic rings. The summed E-state index contributed by atoms with van der Waals surface area (Å²) < 4.78 is 7.15. The van der Waals surface area contributed by atoms with E-state index in [9.17, 15) is 0 Å². The van der Waals surface area contributed by atoms with Crippen molar-refractivity contribution in [2.45, 2.75) is 32.4 Å². The highest BCUT2D eigenvalue weighted by Gasteiger charge is 2.20. The van der Waals surface area contributed by atoms with Crippen LogP contribution in [0.25, 0.3) is 11.3 Å². The SMILES string of the molecule is Cc1ccc(-c2ccc(CNC3CC3)o2)cc1I. The van der Waals surface area contributed by atoms with Gasteiger partial charge in [0.1, 0.15) is 11.5 Å². The van der Waals surface area contributed by atoms with Crippen LogP contribution in [0.4, 0.5) is 0 Å². The maximum absolute atomic E-state index is 5.88. The lowest BCUT2D eigenvalue weighted by Crippen LogP contribution is -2.14. The normalized spacial score (nSPS) is 15.0. The van der Waals surface area contributed by atoms with Crippen LogP contribution in [-0.2, 0) is 6.54 Å². The van der Waals surface area contributed by atoms with Crippen LogP contribution in [0.5, 0.6) is 0 Å². The molecule has 0 aliphatic heterocycles. The van der Waals surface area contributed by atoms with Crippen molar-refractivity contribution in [2.24, 2.45) is 0 Å². The van der Waals surface area contributed by atoms with E-state index >= 15 is 0 Å². The van der Waals surface area contributed by atoms with Gasteiger partial charge in [0.25, 0.3) is 0 Å². The smallest absolute Gasteiger partial charge is 0.134 e. The predicted octanol–water partition coefficient (Wildman–Crippen LogP) is 4.11. The van der Waals surface area contributed by atoms with E-state index < -0.39 is 0 Å². The van der Waals surface area contributed by atoms with Gasteiger partial charge in [-0.3, -0.25) is 0 Å². The van der Waals surface area contributed by atoms with Crippen LogP contribution >= 0.6 is 22.6 Å². The van der Waals surface area contributed by atoms with E-state index in [0.29, 0.717) is 0 Å². The zero-order valence-electron chi connectivity index (χ0n) is 10.4. The van der Waals surface area contributed by atoms with Crippen LogP contribution in [0, 0.1) is 10.5 Å². The molecule has 18 heavy (non-hydrogen) atoms. The molecule has 1 heterocycles. The Labute approximate surface area is 121 Å². The molecule has 1 saturated carbocycles. The summed E-state index contributed by atoms with van der Waals surface area (Å²) in [5.41, 5.74) is 2.46. The van der Waals surface area contributed by atoms with Gasteiger partial charge in [-0.2, -0.15) is 0 Å². The van der Waals surface area contributed by atoms with Gasteiger partial charge in [0.15, 0.2) is 0 Å². The van der Waals surface area contributed by atoms with Gasteiger partial charge >= 0.3 is 0 Å². The van der Waals surface area contributed by atoms with Crippen molar-refractivity contribution in [1.29, 1.82) is 0 Å². The zero-order valence-corrected chi connectivity index (χ0v) is 12.5. The van der Waals surface area contributed by atoms with E-state index in [1.54, 1.807) is 0 Å². The van der Waals surface area contributed by atoms with Gasteiger partial charge in [-0.25, -0.2) is 0 Å². The molecule has 0 saturated heterocycles. The molecule has 0 unspecified atom stereocenters. The first-order chi connectivity index (χ1) is 8.72. The zero-order chi connectivity index (χ0) is 12.5. The van der Waals surface area contributed by atoms with Crippen LogP contribution in [0.15, 0.2) is 34.7 Å². The number of aryl methyl sites for hydroxylation is 1. The highest BCUT2D eigenvalue weighted by atomic mass is 127. The van der Waals surface area contributed by atoms with Crippen molar-refractivity contribution in [3.8, 4) is 11.3 Å². The van der Waals surface area contributed by atoms with Gasteiger partial charge in [0.2, 0.25) is 0 Å². The third kappa shape index (κ3) is 2.78. The van der Waals surface area contributed by atoms with E-state index in [-0.39, 0.29) is 0 Å². The Kier molecular flexibility index (Phi) is 3.43. The minimum absolute atomic E-state index is 0.721. The first-order valence-electron chi connectivity index (χ1n) is 6.31. The summed E-state index contributed by atoms with van der Waals surface area (Å²) in [5, 5.41) is 3.46. The molecule has 1 aliphatic carbocycles. The maximum atomic E-state index is 5.88. The summed E-state index contributed by atoms with van der Waals surface area (Å²) in [7, 11) is 0. The number of rotatable bonds is 4. The molecule has 1 N–H and O–H groups in total. The van der Waals surface area contributed by atoms with Crippen LogP contribution in [0.2, 0.25) is 0 Å². The molecule has 2 aromatic rings. The summed E-state index contributed by atoms with van der Waals surface area (Å²) >= 11 is 2.36. The number of furan rings is 1. The first-order valence-corrected chi connectivity index (χ1v) is 7.39. The highest BCUT2D eigenvalue weighted by molar-refractivity contribution is 14.1.